The predicted molar refractivity (Wildman–Crippen MR) is 47.3 cm³/mol. The SMILES string of the molecule is Cn1cc(C(C)(C)C(F)(F)F)c(C(F)(F)F)n1. The van der Waals surface area contributed by atoms with Crippen molar-refractivity contribution in [1.82, 2.24) is 9.78 Å². The van der Waals surface area contributed by atoms with Gasteiger partial charge in [-0.25, -0.2) is 0 Å². The Bertz CT molecular complexity index is 412. The van der Waals surface area contributed by atoms with Gasteiger partial charge in [0.05, 0.1) is 5.41 Å². The van der Waals surface area contributed by atoms with Gasteiger partial charge in [0.2, 0.25) is 0 Å². The third-order valence-corrected chi connectivity index (χ3v) is 2.48. The van der Waals surface area contributed by atoms with Gasteiger partial charge in [0.1, 0.15) is 0 Å². The van der Waals surface area contributed by atoms with E-state index in [2.05, 4.69) is 5.10 Å². The molecule has 0 amide bonds. The van der Waals surface area contributed by atoms with Crippen molar-refractivity contribution in [2.45, 2.75) is 31.6 Å². The lowest BCUT2D eigenvalue weighted by Gasteiger charge is -2.27. The molecule has 0 saturated heterocycles. The highest BCUT2D eigenvalue weighted by Gasteiger charge is 2.53. The second-order valence-corrected chi connectivity index (χ2v) is 4.19. The first kappa shape index (κ1) is 13.9. The van der Waals surface area contributed by atoms with Crippen molar-refractivity contribution >= 4 is 0 Å². The van der Waals surface area contributed by atoms with E-state index in [1.807, 2.05) is 0 Å². The molecular formula is C9H10F6N2. The fraction of sp³-hybridized carbons (Fsp3) is 0.667. The van der Waals surface area contributed by atoms with E-state index < -0.39 is 29.0 Å². The van der Waals surface area contributed by atoms with E-state index >= 15 is 0 Å². The van der Waals surface area contributed by atoms with E-state index in [4.69, 9.17) is 0 Å². The Morgan fingerprint density at radius 3 is 1.88 bits per heavy atom. The fourth-order valence-corrected chi connectivity index (χ4v) is 1.31. The standard InChI is InChI=1S/C9H10F6N2/c1-7(2,9(13,14)15)5-4-17(3)16-6(5)8(10,11)12/h4H,1-3H3. The van der Waals surface area contributed by atoms with Gasteiger partial charge in [-0.1, -0.05) is 0 Å². The van der Waals surface area contributed by atoms with Crippen molar-refractivity contribution in [1.29, 1.82) is 0 Å². The van der Waals surface area contributed by atoms with Crippen LogP contribution >= 0.6 is 0 Å². The molecule has 17 heavy (non-hydrogen) atoms. The monoisotopic (exact) mass is 260 g/mol. The molecule has 1 aromatic rings. The van der Waals surface area contributed by atoms with Crippen molar-refractivity contribution in [3.05, 3.63) is 17.5 Å². The van der Waals surface area contributed by atoms with Crippen molar-refractivity contribution in [2.75, 3.05) is 0 Å². The number of rotatable bonds is 1. The molecule has 1 aromatic heterocycles. The maximum Gasteiger partial charge on any atom is 0.435 e. The minimum atomic E-state index is -4.90. The summed E-state index contributed by atoms with van der Waals surface area (Å²) in [6.07, 6.45) is -8.94. The quantitative estimate of drug-likeness (QED) is 0.708. The second-order valence-electron chi connectivity index (χ2n) is 4.19. The van der Waals surface area contributed by atoms with Crippen LogP contribution in [0.25, 0.3) is 0 Å². The molecular weight excluding hydrogens is 250 g/mol. The van der Waals surface area contributed by atoms with Crippen LogP contribution in [0, 0.1) is 0 Å². The zero-order valence-electron chi connectivity index (χ0n) is 9.24. The van der Waals surface area contributed by atoms with Crippen LogP contribution in [0.4, 0.5) is 26.3 Å². The molecule has 2 nitrogen and oxygen atoms in total. The van der Waals surface area contributed by atoms with Crippen LogP contribution in [-0.4, -0.2) is 16.0 Å². The van der Waals surface area contributed by atoms with Gasteiger partial charge >= 0.3 is 12.4 Å². The van der Waals surface area contributed by atoms with E-state index in [0.717, 1.165) is 17.9 Å². The number of aromatic nitrogens is 2. The van der Waals surface area contributed by atoms with E-state index in [1.165, 1.54) is 0 Å². The van der Waals surface area contributed by atoms with Gasteiger partial charge in [0.25, 0.3) is 0 Å². The lowest BCUT2D eigenvalue weighted by Crippen LogP contribution is -2.37. The Balaban J connectivity index is 3.42. The van der Waals surface area contributed by atoms with E-state index in [1.54, 1.807) is 0 Å². The average Bonchev–Trinajstić information content (AvgIpc) is 2.44. The third-order valence-electron chi connectivity index (χ3n) is 2.48. The molecule has 0 spiro atoms. The first-order valence-electron chi connectivity index (χ1n) is 4.55. The van der Waals surface area contributed by atoms with E-state index in [0.29, 0.717) is 13.8 Å². The molecule has 0 aliphatic carbocycles. The first-order valence-corrected chi connectivity index (χ1v) is 4.55. The molecule has 0 aromatic carbocycles. The molecule has 0 fully saturated rings. The number of nitrogens with zero attached hydrogens (tertiary/aromatic N) is 2. The summed E-state index contributed by atoms with van der Waals surface area (Å²) in [5.41, 5.74) is -4.98. The highest BCUT2D eigenvalue weighted by Crippen LogP contribution is 2.44. The summed E-state index contributed by atoms with van der Waals surface area (Å²) in [7, 11) is 1.14. The smallest absolute Gasteiger partial charge is 0.275 e. The van der Waals surface area contributed by atoms with Gasteiger partial charge in [-0.2, -0.15) is 31.4 Å². The van der Waals surface area contributed by atoms with Crippen LogP contribution in [0.2, 0.25) is 0 Å². The van der Waals surface area contributed by atoms with Gasteiger partial charge in [-0.15, -0.1) is 0 Å². The number of hydrogen-bond donors (Lipinski definition) is 0. The topological polar surface area (TPSA) is 17.8 Å². The molecule has 0 bridgehead atoms. The Hall–Kier alpha value is -1.21. The normalized spacial score (nSPS) is 14.2. The van der Waals surface area contributed by atoms with Gasteiger partial charge < -0.3 is 0 Å². The molecule has 0 aliphatic heterocycles. The summed E-state index contributed by atoms with van der Waals surface area (Å²) in [5.74, 6) is 0. The minimum absolute atomic E-state index is 0.694. The minimum Gasteiger partial charge on any atom is -0.275 e. The highest BCUT2D eigenvalue weighted by molar-refractivity contribution is 5.30. The number of hydrogen-bond acceptors (Lipinski definition) is 1. The van der Waals surface area contributed by atoms with Crippen LogP contribution in [0.1, 0.15) is 25.1 Å². The predicted octanol–water partition coefficient (Wildman–Crippen LogP) is 3.28. The average molecular weight is 260 g/mol. The summed E-state index contributed by atoms with van der Waals surface area (Å²) < 4.78 is 76.4. The molecule has 0 N–H and O–H groups in total. The number of halogens is 6. The highest BCUT2D eigenvalue weighted by atomic mass is 19.4. The van der Waals surface area contributed by atoms with Gasteiger partial charge in [0, 0.05) is 18.8 Å². The molecule has 1 rings (SSSR count). The maximum absolute atomic E-state index is 12.7. The van der Waals surface area contributed by atoms with Crippen LogP contribution < -0.4 is 0 Å². The van der Waals surface area contributed by atoms with Crippen molar-refractivity contribution in [3.8, 4) is 0 Å². The summed E-state index contributed by atoms with van der Waals surface area (Å²) in [6, 6.07) is 0. The Kier molecular flexibility index (Phi) is 2.97. The van der Waals surface area contributed by atoms with Crippen molar-refractivity contribution < 1.29 is 26.3 Å². The Morgan fingerprint density at radius 2 is 1.53 bits per heavy atom. The summed E-state index contributed by atoms with van der Waals surface area (Å²) in [4.78, 5) is 0. The largest absolute Gasteiger partial charge is 0.435 e. The van der Waals surface area contributed by atoms with Gasteiger partial charge in [0.15, 0.2) is 5.69 Å². The van der Waals surface area contributed by atoms with Gasteiger partial charge in [-0.05, 0) is 13.8 Å². The summed E-state index contributed by atoms with van der Waals surface area (Å²) >= 11 is 0. The molecule has 0 aliphatic rings. The molecule has 1 heterocycles. The zero-order chi connectivity index (χ0) is 13.6. The van der Waals surface area contributed by atoms with E-state index in [9.17, 15) is 26.3 Å². The maximum atomic E-state index is 12.7. The van der Waals surface area contributed by atoms with E-state index in [-0.39, 0.29) is 0 Å². The number of alkyl halides is 6. The molecule has 8 heteroatoms. The molecule has 0 atom stereocenters. The summed E-state index contributed by atoms with van der Waals surface area (Å²) in [5, 5.41) is 3.05. The van der Waals surface area contributed by atoms with Crippen LogP contribution in [0.5, 0.6) is 0 Å². The van der Waals surface area contributed by atoms with Crippen LogP contribution in [-0.2, 0) is 18.6 Å². The second kappa shape index (κ2) is 3.64. The van der Waals surface area contributed by atoms with Crippen molar-refractivity contribution in [3.63, 3.8) is 0 Å². The summed E-state index contributed by atoms with van der Waals surface area (Å²) in [6.45, 7) is 1.39. The molecule has 98 valence electrons. The fourth-order valence-electron chi connectivity index (χ4n) is 1.31. The lowest BCUT2D eigenvalue weighted by atomic mass is 9.84. The number of aryl methyl sites for hydroxylation is 1. The zero-order valence-corrected chi connectivity index (χ0v) is 9.24. The Labute approximate surface area is 93.2 Å². The molecule has 0 radical (unpaired) electrons. The van der Waals surface area contributed by atoms with Gasteiger partial charge in [-0.3, -0.25) is 4.68 Å². The lowest BCUT2D eigenvalue weighted by molar-refractivity contribution is -0.183. The molecule has 0 saturated carbocycles. The van der Waals surface area contributed by atoms with Crippen molar-refractivity contribution in [2.24, 2.45) is 7.05 Å². The van der Waals surface area contributed by atoms with Crippen LogP contribution in [0.3, 0.4) is 0 Å². The Morgan fingerprint density at radius 1 is 1.06 bits per heavy atom. The third kappa shape index (κ3) is 2.39. The van der Waals surface area contributed by atoms with Crippen LogP contribution in [0.15, 0.2) is 6.20 Å². The first-order chi connectivity index (χ1) is 7.37. The molecule has 0 unspecified atom stereocenters.